The number of hydrogen-bond donors (Lipinski definition) is 1. The number of hydrogen-bond acceptors (Lipinski definition) is 2. The summed E-state index contributed by atoms with van der Waals surface area (Å²) in [5.41, 5.74) is 0.368. The minimum absolute atomic E-state index is 0.368. The van der Waals surface area contributed by atoms with E-state index in [1.165, 1.54) is 32.1 Å². The molecule has 0 bridgehead atoms. The first kappa shape index (κ1) is 14.0. The topological polar surface area (TPSA) is 21.3 Å². The second-order valence-electron chi connectivity index (χ2n) is 6.04. The number of ether oxygens (including phenoxy) is 1. The van der Waals surface area contributed by atoms with Gasteiger partial charge in [-0.2, -0.15) is 0 Å². The van der Waals surface area contributed by atoms with Crippen molar-refractivity contribution in [3.8, 4) is 0 Å². The van der Waals surface area contributed by atoms with Crippen LogP contribution in [0.5, 0.6) is 0 Å². The Morgan fingerprint density at radius 2 is 2.12 bits per heavy atom. The van der Waals surface area contributed by atoms with Crippen molar-refractivity contribution in [3.63, 3.8) is 0 Å². The van der Waals surface area contributed by atoms with E-state index in [0.29, 0.717) is 17.6 Å². The fourth-order valence-electron chi connectivity index (χ4n) is 2.51. The van der Waals surface area contributed by atoms with Crippen LogP contribution in [0.3, 0.4) is 0 Å². The maximum atomic E-state index is 5.66. The normalized spacial score (nSPS) is 23.6. The first-order chi connectivity index (χ1) is 7.54. The summed E-state index contributed by atoms with van der Waals surface area (Å²) in [6, 6.07) is 0.638. The van der Waals surface area contributed by atoms with Gasteiger partial charge in [0.15, 0.2) is 0 Å². The lowest BCUT2D eigenvalue weighted by Gasteiger charge is -2.31. The van der Waals surface area contributed by atoms with Crippen LogP contribution in [0, 0.1) is 5.41 Å². The zero-order chi connectivity index (χ0) is 12.0. The van der Waals surface area contributed by atoms with Gasteiger partial charge >= 0.3 is 0 Å². The average Bonchev–Trinajstić information content (AvgIpc) is 2.67. The third-order valence-electron chi connectivity index (χ3n) is 3.54. The van der Waals surface area contributed by atoms with Crippen molar-refractivity contribution < 1.29 is 4.74 Å². The summed E-state index contributed by atoms with van der Waals surface area (Å²) in [6.45, 7) is 11.2. The molecule has 0 amide bonds. The molecule has 2 heteroatoms. The van der Waals surface area contributed by atoms with Crippen molar-refractivity contribution >= 4 is 0 Å². The summed E-state index contributed by atoms with van der Waals surface area (Å²) in [5.74, 6) is 0. The molecule has 2 atom stereocenters. The summed E-state index contributed by atoms with van der Waals surface area (Å²) in [6.07, 6.45) is 6.92. The molecule has 1 rings (SSSR count). The highest BCUT2D eigenvalue weighted by atomic mass is 16.5. The third kappa shape index (κ3) is 4.84. The molecule has 0 aliphatic carbocycles. The molecule has 2 unspecified atom stereocenters. The maximum absolute atomic E-state index is 5.66. The molecule has 1 aliphatic heterocycles. The van der Waals surface area contributed by atoms with E-state index in [0.717, 1.165) is 13.2 Å². The van der Waals surface area contributed by atoms with Gasteiger partial charge in [0.05, 0.1) is 6.10 Å². The van der Waals surface area contributed by atoms with E-state index in [1.807, 2.05) is 0 Å². The zero-order valence-corrected chi connectivity index (χ0v) is 11.5. The third-order valence-corrected chi connectivity index (χ3v) is 3.54. The molecule has 1 saturated heterocycles. The van der Waals surface area contributed by atoms with Crippen LogP contribution < -0.4 is 5.32 Å². The second kappa shape index (κ2) is 6.61. The van der Waals surface area contributed by atoms with Gasteiger partial charge in [-0.1, -0.05) is 27.7 Å². The molecule has 2 nitrogen and oxygen atoms in total. The maximum Gasteiger partial charge on any atom is 0.0576 e. The molecule has 0 aromatic carbocycles. The Balaban J connectivity index is 2.21. The Morgan fingerprint density at radius 1 is 1.38 bits per heavy atom. The monoisotopic (exact) mass is 227 g/mol. The van der Waals surface area contributed by atoms with E-state index >= 15 is 0 Å². The molecular formula is C14H29NO. The van der Waals surface area contributed by atoms with Crippen LogP contribution in [0.25, 0.3) is 0 Å². The van der Waals surface area contributed by atoms with E-state index in [9.17, 15) is 0 Å². The summed E-state index contributed by atoms with van der Waals surface area (Å²) < 4.78 is 5.66. The van der Waals surface area contributed by atoms with Gasteiger partial charge in [0.1, 0.15) is 0 Å². The van der Waals surface area contributed by atoms with Gasteiger partial charge in [-0.25, -0.2) is 0 Å². The first-order valence-electron chi connectivity index (χ1n) is 6.89. The van der Waals surface area contributed by atoms with Gasteiger partial charge in [-0.3, -0.25) is 0 Å². The predicted molar refractivity (Wildman–Crippen MR) is 69.7 cm³/mol. The fraction of sp³-hybridized carbons (Fsp3) is 1.00. The number of rotatable bonds is 6. The summed E-state index contributed by atoms with van der Waals surface area (Å²) in [7, 11) is 0. The molecule has 1 N–H and O–H groups in total. The molecule has 0 aromatic rings. The molecule has 1 fully saturated rings. The predicted octanol–water partition coefficient (Wildman–Crippen LogP) is 3.36. The second-order valence-corrected chi connectivity index (χ2v) is 6.04. The van der Waals surface area contributed by atoms with E-state index < -0.39 is 0 Å². The van der Waals surface area contributed by atoms with Crippen LogP contribution in [-0.2, 0) is 4.74 Å². The Morgan fingerprint density at radius 3 is 2.62 bits per heavy atom. The molecule has 1 aliphatic rings. The van der Waals surface area contributed by atoms with Crippen molar-refractivity contribution in [2.75, 3.05) is 13.2 Å². The highest BCUT2D eigenvalue weighted by molar-refractivity contribution is 4.80. The van der Waals surface area contributed by atoms with E-state index in [2.05, 4.69) is 33.0 Å². The van der Waals surface area contributed by atoms with Gasteiger partial charge in [0.2, 0.25) is 0 Å². The molecule has 0 radical (unpaired) electrons. The van der Waals surface area contributed by atoms with Crippen molar-refractivity contribution in [2.24, 2.45) is 5.41 Å². The van der Waals surface area contributed by atoms with Gasteiger partial charge in [-0.15, -0.1) is 0 Å². The van der Waals surface area contributed by atoms with E-state index in [1.54, 1.807) is 0 Å². The molecule has 1 heterocycles. The van der Waals surface area contributed by atoms with Crippen molar-refractivity contribution in [1.29, 1.82) is 0 Å². The van der Waals surface area contributed by atoms with Gasteiger partial charge in [-0.05, 0) is 44.1 Å². The SMILES string of the molecule is CCNC(CCCC1CCCO1)C(C)(C)C. The van der Waals surface area contributed by atoms with Crippen LogP contribution in [-0.4, -0.2) is 25.3 Å². The molecule has 0 saturated carbocycles. The Labute approximate surface area is 101 Å². The van der Waals surface area contributed by atoms with E-state index in [4.69, 9.17) is 4.74 Å². The molecule has 16 heavy (non-hydrogen) atoms. The van der Waals surface area contributed by atoms with Gasteiger partial charge in [0.25, 0.3) is 0 Å². The first-order valence-corrected chi connectivity index (χ1v) is 6.89. The number of nitrogens with one attached hydrogen (secondary N) is 1. The smallest absolute Gasteiger partial charge is 0.0576 e. The largest absolute Gasteiger partial charge is 0.378 e. The lowest BCUT2D eigenvalue weighted by atomic mass is 9.83. The minimum atomic E-state index is 0.368. The minimum Gasteiger partial charge on any atom is -0.378 e. The van der Waals surface area contributed by atoms with Crippen molar-refractivity contribution in [1.82, 2.24) is 5.32 Å². The van der Waals surface area contributed by atoms with Crippen LogP contribution in [0.2, 0.25) is 0 Å². The van der Waals surface area contributed by atoms with Gasteiger partial charge in [0, 0.05) is 12.6 Å². The lowest BCUT2D eigenvalue weighted by molar-refractivity contribution is 0.0993. The van der Waals surface area contributed by atoms with Crippen molar-refractivity contribution in [3.05, 3.63) is 0 Å². The van der Waals surface area contributed by atoms with Crippen LogP contribution in [0.15, 0.2) is 0 Å². The van der Waals surface area contributed by atoms with E-state index in [-0.39, 0.29) is 0 Å². The highest BCUT2D eigenvalue weighted by Gasteiger charge is 2.24. The lowest BCUT2D eigenvalue weighted by Crippen LogP contribution is -2.40. The molecular weight excluding hydrogens is 198 g/mol. The Hall–Kier alpha value is -0.0800. The Bertz CT molecular complexity index is 180. The summed E-state index contributed by atoms with van der Waals surface area (Å²) in [5, 5.41) is 3.61. The summed E-state index contributed by atoms with van der Waals surface area (Å²) >= 11 is 0. The average molecular weight is 227 g/mol. The van der Waals surface area contributed by atoms with Crippen LogP contribution >= 0.6 is 0 Å². The molecule has 0 spiro atoms. The highest BCUT2D eigenvalue weighted by Crippen LogP contribution is 2.25. The van der Waals surface area contributed by atoms with Gasteiger partial charge < -0.3 is 10.1 Å². The molecule has 96 valence electrons. The Kier molecular flexibility index (Phi) is 5.77. The fourth-order valence-corrected chi connectivity index (χ4v) is 2.51. The zero-order valence-electron chi connectivity index (χ0n) is 11.5. The quantitative estimate of drug-likeness (QED) is 0.751. The molecule has 0 aromatic heterocycles. The van der Waals surface area contributed by atoms with Crippen molar-refractivity contribution in [2.45, 2.75) is 71.9 Å². The van der Waals surface area contributed by atoms with Crippen LogP contribution in [0.4, 0.5) is 0 Å². The standard InChI is InChI=1S/C14H29NO/c1-5-15-13(14(2,3)4)10-6-8-12-9-7-11-16-12/h12-13,15H,5-11H2,1-4H3. The van der Waals surface area contributed by atoms with Crippen LogP contribution in [0.1, 0.15) is 59.8 Å². The summed E-state index contributed by atoms with van der Waals surface area (Å²) in [4.78, 5) is 0.